The highest BCUT2D eigenvalue weighted by atomic mass is 15.2. The lowest BCUT2D eigenvalue weighted by Gasteiger charge is -2.48. The van der Waals surface area contributed by atoms with E-state index < -0.39 is 0 Å². The van der Waals surface area contributed by atoms with Crippen molar-refractivity contribution >= 4 is 57.2 Å². The van der Waals surface area contributed by atoms with Gasteiger partial charge in [-0.25, -0.2) is 0 Å². The quantitative estimate of drug-likeness (QED) is 0.162. The van der Waals surface area contributed by atoms with Crippen LogP contribution in [-0.2, 0) is 37.9 Å². The maximum Gasteiger partial charge on any atom is 0.252 e. The summed E-state index contributed by atoms with van der Waals surface area (Å²) in [6.07, 6.45) is 4.73. The summed E-state index contributed by atoms with van der Waals surface area (Å²) in [6.45, 7) is 43.2. The molecule has 0 spiro atoms. The minimum atomic E-state index is -0.0523. The van der Waals surface area contributed by atoms with Crippen LogP contribution in [0.5, 0.6) is 0 Å². The number of nitrogens with zero attached hydrogens (tertiary/aromatic N) is 2. The highest BCUT2D eigenvalue weighted by molar-refractivity contribution is 7.00. The van der Waals surface area contributed by atoms with Crippen molar-refractivity contribution in [1.82, 2.24) is 0 Å². The van der Waals surface area contributed by atoms with Crippen LogP contribution >= 0.6 is 0 Å². The van der Waals surface area contributed by atoms with Gasteiger partial charge < -0.3 is 9.80 Å². The van der Waals surface area contributed by atoms with Gasteiger partial charge in [-0.2, -0.15) is 0 Å². The van der Waals surface area contributed by atoms with Crippen molar-refractivity contribution in [2.24, 2.45) is 0 Å². The summed E-state index contributed by atoms with van der Waals surface area (Å²) in [7, 11) is 0. The molecular weight excluding hydrogens is 892 g/mol. The normalized spacial score (nSPS) is 18.0. The van der Waals surface area contributed by atoms with E-state index in [4.69, 9.17) is 0 Å². The second kappa shape index (κ2) is 16.6. The lowest BCUT2D eigenvalue weighted by atomic mass is 9.33. The average Bonchev–Trinajstić information content (AvgIpc) is 3.33. The summed E-state index contributed by atoms with van der Waals surface area (Å²) in [5.41, 5.74) is 28.4. The average molecular weight is 975 g/mol. The van der Waals surface area contributed by atoms with E-state index in [1.165, 1.54) is 143 Å². The number of anilines is 6. The van der Waals surface area contributed by atoms with Gasteiger partial charge in [-0.3, -0.25) is 0 Å². The van der Waals surface area contributed by atoms with E-state index in [0.717, 1.165) is 0 Å². The molecule has 0 saturated heterocycles. The van der Waals surface area contributed by atoms with E-state index in [-0.39, 0.29) is 44.6 Å². The molecule has 4 aliphatic rings. The number of benzene rings is 7. The van der Waals surface area contributed by atoms with Crippen LogP contribution in [0.1, 0.15) is 188 Å². The van der Waals surface area contributed by atoms with Crippen LogP contribution in [0.15, 0.2) is 127 Å². The Bertz CT molecular complexity index is 3390. The lowest BCUT2D eigenvalue weighted by Crippen LogP contribution is -2.62. The summed E-state index contributed by atoms with van der Waals surface area (Å²) in [5.74, 6) is 0. The predicted molar refractivity (Wildman–Crippen MR) is 323 cm³/mol. The minimum absolute atomic E-state index is 0.0347. The monoisotopic (exact) mass is 975 g/mol. The molecule has 11 rings (SSSR count). The van der Waals surface area contributed by atoms with Crippen LogP contribution in [-0.4, -0.2) is 6.71 Å². The fourth-order valence-electron chi connectivity index (χ4n) is 13.3. The van der Waals surface area contributed by atoms with Crippen LogP contribution in [0.3, 0.4) is 0 Å². The summed E-state index contributed by atoms with van der Waals surface area (Å²) in [5, 5.41) is 0. The Morgan fingerprint density at radius 1 is 0.365 bits per heavy atom. The predicted octanol–water partition coefficient (Wildman–Crippen LogP) is 18.0. The first-order valence-corrected chi connectivity index (χ1v) is 28.0. The van der Waals surface area contributed by atoms with Crippen molar-refractivity contribution in [2.45, 2.75) is 188 Å². The molecule has 0 aromatic heterocycles. The van der Waals surface area contributed by atoms with Gasteiger partial charge in [0, 0.05) is 34.0 Å². The fraction of sp³-hybridized carbons (Fsp3) is 0.408. The molecule has 2 heterocycles. The van der Waals surface area contributed by atoms with Gasteiger partial charge in [0.05, 0.1) is 5.69 Å². The molecule has 7 aromatic rings. The van der Waals surface area contributed by atoms with E-state index in [0.29, 0.717) is 0 Å². The van der Waals surface area contributed by atoms with Gasteiger partial charge in [-0.1, -0.05) is 197 Å². The number of fused-ring (bicyclic) bond motifs is 6. The SMILES string of the molecule is Cc1cc2c3c(c1)N(c1ccc(C(C)(C)C)cc1-c1ccc(-c4ccc(C(C)(C)C)cc4)cc1)c1cc(C(C)(C)C)ccc1B3c1cc3c(cc1N2c1ccc2c(c1)C(C)(C)CCC2(C)C)C(C)(C)CCC3(C)C. The summed E-state index contributed by atoms with van der Waals surface area (Å²) in [4.78, 5) is 5.39. The van der Waals surface area contributed by atoms with Gasteiger partial charge in [0.1, 0.15) is 0 Å². The molecule has 3 heteroatoms. The molecule has 2 aliphatic heterocycles. The van der Waals surface area contributed by atoms with Crippen molar-refractivity contribution in [3.8, 4) is 22.3 Å². The highest BCUT2D eigenvalue weighted by Gasteiger charge is 2.48. The van der Waals surface area contributed by atoms with Crippen molar-refractivity contribution in [3.63, 3.8) is 0 Å². The molecule has 0 atom stereocenters. The molecule has 0 fully saturated rings. The maximum absolute atomic E-state index is 2.71. The van der Waals surface area contributed by atoms with Gasteiger partial charge in [0.15, 0.2) is 0 Å². The molecule has 2 aliphatic carbocycles. The first-order chi connectivity index (χ1) is 34.4. The Balaban J connectivity index is 1.20. The number of hydrogen-bond donors (Lipinski definition) is 0. The van der Waals surface area contributed by atoms with E-state index >= 15 is 0 Å². The van der Waals surface area contributed by atoms with Gasteiger partial charge in [0.25, 0.3) is 6.71 Å². The second-order valence-corrected chi connectivity index (χ2v) is 29.0. The van der Waals surface area contributed by atoms with Crippen molar-refractivity contribution in [3.05, 3.63) is 172 Å². The molecule has 0 bridgehead atoms. The summed E-state index contributed by atoms with van der Waals surface area (Å²) in [6, 6.07) is 51.4. The zero-order valence-electron chi connectivity index (χ0n) is 48.4. The Labute approximate surface area is 447 Å². The zero-order valence-corrected chi connectivity index (χ0v) is 48.4. The molecule has 0 N–H and O–H groups in total. The van der Waals surface area contributed by atoms with Crippen molar-refractivity contribution in [1.29, 1.82) is 0 Å². The Kier molecular flexibility index (Phi) is 11.3. The van der Waals surface area contributed by atoms with Gasteiger partial charge in [0.2, 0.25) is 0 Å². The second-order valence-electron chi connectivity index (χ2n) is 29.0. The van der Waals surface area contributed by atoms with Crippen LogP contribution in [0, 0.1) is 6.92 Å². The standard InChI is InChI=1S/C71H83BN2/c1-44-37-62-64-63(38-44)74(59-32-28-49(66(5,6)7)39-52(59)47-21-19-45(20-22-47)46-23-25-48(26-24-46)65(2,3)4)60-40-50(67(8,9)10)27-31-57(60)72(64)58-42-55-56(71(17,18)36-35-70(55,15)16)43-61(58)73(62)51-29-30-53-54(41-51)69(13,14)34-33-68(53,11)12/h19-32,37-43H,33-36H2,1-18H3. The fourth-order valence-corrected chi connectivity index (χ4v) is 13.3. The van der Waals surface area contributed by atoms with E-state index in [2.05, 4.69) is 262 Å². The largest absolute Gasteiger partial charge is 0.311 e. The van der Waals surface area contributed by atoms with E-state index in [9.17, 15) is 0 Å². The first kappa shape index (κ1) is 50.4. The number of rotatable bonds is 4. The maximum atomic E-state index is 2.71. The van der Waals surface area contributed by atoms with Crippen LogP contribution in [0.4, 0.5) is 34.1 Å². The lowest BCUT2D eigenvalue weighted by molar-refractivity contribution is 0.332. The van der Waals surface area contributed by atoms with Crippen molar-refractivity contribution in [2.75, 3.05) is 9.80 Å². The highest BCUT2D eigenvalue weighted by Crippen LogP contribution is 2.54. The summed E-state index contributed by atoms with van der Waals surface area (Å²) < 4.78 is 0. The van der Waals surface area contributed by atoms with Crippen LogP contribution in [0.25, 0.3) is 22.3 Å². The molecule has 380 valence electrons. The Morgan fingerprint density at radius 3 is 1.38 bits per heavy atom. The van der Waals surface area contributed by atoms with Crippen LogP contribution < -0.4 is 26.2 Å². The third-order valence-corrected chi connectivity index (χ3v) is 18.5. The smallest absolute Gasteiger partial charge is 0.252 e. The first-order valence-electron chi connectivity index (χ1n) is 28.0. The van der Waals surface area contributed by atoms with Crippen LogP contribution in [0.2, 0.25) is 0 Å². The third kappa shape index (κ3) is 8.21. The number of hydrogen-bond acceptors (Lipinski definition) is 2. The Hall–Kier alpha value is -5.80. The minimum Gasteiger partial charge on any atom is -0.311 e. The van der Waals surface area contributed by atoms with Crippen molar-refractivity contribution < 1.29 is 0 Å². The van der Waals surface area contributed by atoms with Gasteiger partial charge in [-0.05, 0) is 197 Å². The summed E-state index contributed by atoms with van der Waals surface area (Å²) >= 11 is 0. The molecule has 2 nitrogen and oxygen atoms in total. The molecule has 0 amide bonds. The molecule has 7 aromatic carbocycles. The molecule has 74 heavy (non-hydrogen) atoms. The molecule has 0 radical (unpaired) electrons. The van der Waals surface area contributed by atoms with E-state index in [1.807, 2.05) is 0 Å². The molecule has 0 saturated carbocycles. The topological polar surface area (TPSA) is 6.48 Å². The molecular formula is C71H83BN2. The van der Waals surface area contributed by atoms with Gasteiger partial charge >= 0.3 is 0 Å². The van der Waals surface area contributed by atoms with Gasteiger partial charge in [-0.15, -0.1) is 0 Å². The third-order valence-electron chi connectivity index (χ3n) is 18.5. The number of aryl methyl sites for hydroxylation is 1. The van der Waals surface area contributed by atoms with E-state index in [1.54, 1.807) is 0 Å². The zero-order chi connectivity index (χ0) is 53.0. The Morgan fingerprint density at radius 2 is 0.811 bits per heavy atom. The molecule has 0 unspecified atom stereocenters.